The summed E-state index contributed by atoms with van der Waals surface area (Å²) in [5, 5.41) is 37.6. The quantitative estimate of drug-likeness (QED) is 0.0369. The van der Waals surface area contributed by atoms with Crippen molar-refractivity contribution in [1.29, 1.82) is 0 Å². The van der Waals surface area contributed by atoms with Gasteiger partial charge < -0.3 is 36.6 Å². The summed E-state index contributed by atoms with van der Waals surface area (Å²) in [6.07, 6.45) is -0.721. The standard InChI is InChI=1S/C16H28Cl2N6O10S/c17-3-5-23(6-4-18)24(31)22-34-7-8-35(32,33)10-12(15(28)20-9-14(26)27)21-13(25)2-1-11(19)16(29)30/h11-12H,1-10,19H2,(H,20,28)(H,21,25)(H,26,27)(H,29,30)/b24-22+/t11-,12-/m0/s1. The Bertz CT molecular complexity index is 854. The van der Waals surface area contributed by atoms with Crippen LogP contribution in [0.2, 0.25) is 0 Å². The summed E-state index contributed by atoms with van der Waals surface area (Å²) >= 11 is 11.1. The topological polar surface area (TPSA) is 244 Å². The first-order valence-corrected chi connectivity index (χ1v) is 12.9. The molecule has 0 aliphatic carbocycles. The monoisotopic (exact) mass is 566 g/mol. The molecule has 35 heavy (non-hydrogen) atoms. The minimum absolute atomic E-state index is 0.0571. The number of carbonyl (C=O) groups excluding carboxylic acids is 2. The molecule has 0 unspecified atom stereocenters. The molecular weight excluding hydrogens is 539 g/mol. The van der Waals surface area contributed by atoms with Gasteiger partial charge in [-0.3, -0.25) is 19.2 Å². The Morgan fingerprint density at radius 3 is 2.29 bits per heavy atom. The normalized spacial score (nSPS) is 13.4. The lowest BCUT2D eigenvalue weighted by molar-refractivity contribution is -0.709. The zero-order chi connectivity index (χ0) is 27.0. The number of halogens is 2. The molecule has 0 saturated carbocycles. The third-order valence-corrected chi connectivity index (χ3v) is 5.99. The number of carboxylic acid groups (broad SMARTS) is 2. The third kappa shape index (κ3) is 15.1. The highest BCUT2D eigenvalue weighted by molar-refractivity contribution is 7.91. The van der Waals surface area contributed by atoms with E-state index in [-0.39, 0.29) is 36.2 Å². The van der Waals surface area contributed by atoms with Gasteiger partial charge in [0.15, 0.2) is 9.84 Å². The number of hydrogen-bond donors (Lipinski definition) is 5. The van der Waals surface area contributed by atoms with Gasteiger partial charge in [-0.2, -0.15) is 0 Å². The zero-order valence-corrected chi connectivity index (χ0v) is 20.8. The smallest absolute Gasteiger partial charge is 0.322 e. The molecule has 0 heterocycles. The van der Waals surface area contributed by atoms with Crippen molar-refractivity contribution in [1.82, 2.24) is 15.6 Å². The Balaban J connectivity index is 5.10. The average Bonchev–Trinajstić information content (AvgIpc) is 2.77. The van der Waals surface area contributed by atoms with Crippen molar-refractivity contribution >= 4 is 56.8 Å². The maximum Gasteiger partial charge on any atom is 0.322 e. The fourth-order valence-electron chi connectivity index (χ4n) is 2.27. The van der Waals surface area contributed by atoms with Gasteiger partial charge in [0.1, 0.15) is 25.2 Å². The Morgan fingerprint density at radius 1 is 1.17 bits per heavy atom. The van der Waals surface area contributed by atoms with Crippen LogP contribution in [0.5, 0.6) is 0 Å². The van der Waals surface area contributed by atoms with E-state index in [1.165, 1.54) is 0 Å². The van der Waals surface area contributed by atoms with Gasteiger partial charge in [-0.25, -0.2) is 8.42 Å². The molecule has 0 bridgehead atoms. The van der Waals surface area contributed by atoms with E-state index in [1.54, 1.807) is 0 Å². The first kappa shape index (κ1) is 32.4. The van der Waals surface area contributed by atoms with E-state index in [4.69, 9.17) is 44.0 Å². The van der Waals surface area contributed by atoms with Gasteiger partial charge >= 0.3 is 11.9 Å². The van der Waals surface area contributed by atoms with Crippen LogP contribution in [0, 0.1) is 5.21 Å². The van der Waals surface area contributed by atoms with Crippen molar-refractivity contribution in [3.63, 3.8) is 0 Å². The molecule has 0 aliphatic rings. The van der Waals surface area contributed by atoms with E-state index >= 15 is 0 Å². The fraction of sp³-hybridized carbons (Fsp3) is 0.750. The van der Waals surface area contributed by atoms with Gasteiger partial charge in [0.05, 0.1) is 29.6 Å². The second-order valence-electron chi connectivity index (χ2n) is 6.83. The third-order valence-electron chi connectivity index (χ3n) is 4.03. The summed E-state index contributed by atoms with van der Waals surface area (Å²) in [4.78, 5) is 50.4. The second-order valence-corrected chi connectivity index (χ2v) is 9.81. The number of carbonyl (C=O) groups is 4. The number of hydrazine groups is 1. The van der Waals surface area contributed by atoms with Crippen LogP contribution in [-0.4, -0.2) is 114 Å². The lowest BCUT2D eigenvalue weighted by Crippen LogP contribution is -2.51. The number of rotatable bonds is 19. The maximum absolute atomic E-state index is 12.4. The molecule has 0 saturated heterocycles. The molecule has 0 fully saturated rings. The Kier molecular flexibility index (Phi) is 15.6. The molecule has 19 heteroatoms. The molecule has 0 aromatic carbocycles. The van der Waals surface area contributed by atoms with Crippen LogP contribution in [-0.2, 0) is 33.9 Å². The van der Waals surface area contributed by atoms with Crippen LogP contribution in [0.3, 0.4) is 0 Å². The highest BCUT2D eigenvalue weighted by Crippen LogP contribution is 2.01. The molecule has 0 aromatic heterocycles. The average molecular weight is 567 g/mol. The van der Waals surface area contributed by atoms with E-state index < -0.39 is 76.8 Å². The summed E-state index contributed by atoms with van der Waals surface area (Å²) in [6.45, 7) is -1.21. The summed E-state index contributed by atoms with van der Waals surface area (Å²) in [7, 11) is -4.10. The molecule has 2 amide bonds. The van der Waals surface area contributed by atoms with Gasteiger partial charge in [0.2, 0.25) is 17.1 Å². The van der Waals surface area contributed by atoms with Crippen molar-refractivity contribution < 1.29 is 47.6 Å². The molecule has 16 nitrogen and oxygen atoms in total. The highest BCUT2D eigenvalue weighted by atomic mass is 35.5. The van der Waals surface area contributed by atoms with Crippen LogP contribution >= 0.6 is 23.2 Å². The van der Waals surface area contributed by atoms with E-state index in [1.807, 2.05) is 5.32 Å². The molecule has 0 aromatic rings. The number of amides is 2. The molecule has 0 aliphatic heterocycles. The van der Waals surface area contributed by atoms with Crippen LogP contribution < -0.4 is 16.4 Å². The Hall–Kier alpha value is -2.63. The van der Waals surface area contributed by atoms with Crippen LogP contribution in [0.4, 0.5) is 0 Å². The van der Waals surface area contributed by atoms with E-state index in [0.29, 0.717) is 0 Å². The van der Waals surface area contributed by atoms with Crippen molar-refractivity contribution in [3.05, 3.63) is 5.21 Å². The van der Waals surface area contributed by atoms with Crippen LogP contribution in [0.1, 0.15) is 12.8 Å². The lowest BCUT2D eigenvalue weighted by Gasteiger charge is -2.18. The van der Waals surface area contributed by atoms with Crippen molar-refractivity contribution in [2.75, 3.05) is 49.5 Å². The fourth-order valence-corrected chi connectivity index (χ4v) is 3.89. The zero-order valence-electron chi connectivity index (χ0n) is 18.5. The van der Waals surface area contributed by atoms with Crippen molar-refractivity contribution in [2.24, 2.45) is 11.0 Å². The van der Waals surface area contributed by atoms with E-state index in [9.17, 15) is 32.8 Å². The summed E-state index contributed by atoms with van der Waals surface area (Å²) < 4.78 is 24.8. The minimum Gasteiger partial charge on any atom is -0.569 e. The number of aliphatic carboxylic acids is 2. The van der Waals surface area contributed by atoms with E-state index in [0.717, 1.165) is 5.01 Å². The van der Waals surface area contributed by atoms with Gasteiger partial charge in [-0.15, -0.1) is 28.2 Å². The predicted molar refractivity (Wildman–Crippen MR) is 121 cm³/mol. The molecule has 202 valence electrons. The number of carboxylic acids is 2. The summed E-state index contributed by atoms with van der Waals surface area (Å²) in [5.74, 6) is -6.19. The Labute approximate surface area is 210 Å². The highest BCUT2D eigenvalue weighted by Gasteiger charge is 2.28. The number of nitrogens with one attached hydrogen (secondary N) is 2. The van der Waals surface area contributed by atoms with Crippen LogP contribution in [0.25, 0.3) is 0 Å². The van der Waals surface area contributed by atoms with Gasteiger partial charge in [-0.1, -0.05) is 0 Å². The van der Waals surface area contributed by atoms with E-state index in [2.05, 4.69) is 10.6 Å². The van der Waals surface area contributed by atoms with Gasteiger partial charge in [0.25, 0.3) is 0 Å². The first-order valence-electron chi connectivity index (χ1n) is 9.97. The van der Waals surface area contributed by atoms with Crippen LogP contribution in [0.15, 0.2) is 5.28 Å². The number of sulfone groups is 1. The summed E-state index contributed by atoms with van der Waals surface area (Å²) in [6, 6.07) is -3.04. The summed E-state index contributed by atoms with van der Waals surface area (Å²) in [5.41, 5.74) is 5.30. The van der Waals surface area contributed by atoms with Crippen molar-refractivity contribution in [2.45, 2.75) is 24.9 Å². The molecular formula is C16H28Cl2N6O10S. The predicted octanol–water partition coefficient (Wildman–Crippen LogP) is -2.13. The lowest BCUT2D eigenvalue weighted by atomic mass is 10.1. The Morgan fingerprint density at radius 2 is 1.77 bits per heavy atom. The number of nitrogens with two attached hydrogens (primary N) is 1. The molecule has 6 N–H and O–H groups in total. The number of hydrogen-bond acceptors (Lipinski definition) is 10. The molecule has 2 atom stereocenters. The first-order chi connectivity index (χ1) is 16.3. The largest absolute Gasteiger partial charge is 0.569 e. The van der Waals surface area contributed by atoms with Gasteiger partial charge in [-0.05, 0) is 6.42 Å². The maximum atomic E-state index is 12.4. The second kappa shape index (κ2) is 16.9. The number of nitrogens with zero attached hydrogens (tertiary/aromatic N) is 3. The SMILES string of the molecule is N[C@@H](CCC(=O)N[C@@H](CS(=O)(=O)CCO/N=[N+](/[O-])N(CCCl)CCCl)C(=O)NCC(=O)O)C(=O)O. The minimum atomic E-state index is -4.10. The molecule has 0 rings (SSSR count). The van der Waals surface area contributed by atoms with Gasteiger partial charge in [0, 0.05) is 18.2 Å². The molecule has 0 radical (unpaired) electrons. The molecule has 0 spiro atoms. The number of alkyl halides is 2. The van der Waals surface area contributed by atoms with Crippen molar-refractivity contribution in [3.8, 4) is 0 Å².